The number of esters is 1. The number of rotatable bonds is 8. The van der Waals surface area contributed by atoms with Crippen LogP contribution in [0.4, 0.5) is 0 Å². The summed E-state index contributed by atoms with van der Waals surface area (Å²) in [6, 6.07) is 10.1. The maximum atomic E-state index is 11.8. The lowest BCUT2D eigenvalue weighted by Gasteiger charge is -2.39. The van der Waals surface area contributed by atoms with Crippen molar-refractivity contribution in [2.24, 2.45) is 5.92 Å². The monoisotopic (exact) mass is 331 g/mol. The molecule has 23 heavy (non-hydrogen) atoms. The van der Waals surface area contributed by atoms with Crippen molar-refractivity contribution in [3.05, 3.63) is 35.9 Å². The van der Waals surface area contributed by atoms with Gasteiger partial charge in [-0.25, -0.2) is 0 Å². The van der Waals surface area contributed by atoms with Crippen LogP contribution in [0.25, 0.3) is 0 Å². The molecule has 0 saturated carbocycles. The average molecular weight is 331 g/mol. The molecule has 0 aromatic heterocycles. The Morgan fingerprint density at radius 2 is 2.17 bits per heavy atom. The topological polar surface area (TPSA) is 55.4 Å². The van der Waals surface area contributed by atoms with Gasteiger partial charge in [0, 0.05) is 18.6 Å². The standard InChI is InChI=1S/C18H21NO3S/c1-3-4-6-11-15(20)22-13(2)16-17(21)19-18(16)23-12-14-9-7-5-8-10-14/h1,5,7-10,13,16,18H,4,6,11-12H2,2H3,(H,19,21)/t13-,16-,18-/m1/s1. The lowest BCUT2D eigenvalue weighted by molar-refractivity contribution is -0.156. The number of amides is 1. The Bertz CT molecular complexity index is 582. The van der Waals surface area contributed by atoms with Crippen LogP contribution in [0, 0.1) is 18.3 Å². The van der Waals surface area contributed by atoms with E-state index in [1.807, 2.05) is 18.2 Å². The third-order valence-electron chi connectivity index (χ3n) is 3.71. The van der Waals surface area contributed by atoms with Gasteiger partial charge in [0.25, 0.3) is 0 Å². The van der Waals surface area contributed by atoms with Crippen LogP contribution in [0.1, 0.15) is 31.7 Å². The molecular weight excluding hydrogens is 310 g/mol. The lowest BCUT2D eigenvalue weighted by atomic mass is 9.95. The molecule has 1 N–H and O–H groups in total. The first-order valence-corrected chi connectivity index (χ1v) is 8.75. The second-order valence-electron chi connectivity index (χ2n) is 5.50. The number of nitrogens with one attached hydrogen (secondary N) is 1. The van der Waals surface area contributed by atoms with Crippen LogP contribution in [-0.2, 0) is 20.1 Å². The number of unbranched alkanes of at least 4 members (excludes halogenated alkanes) is 1. The largest absolute Gasteiger partial charge is 0.462 e. The van der Waals surface area contributed by atoms with Gasteiger partial charge in [-0.2, -0.15) is 0 Å². The Morgan fingerprint density at radius 3 is 2.83 bits per heavy atom. The molecule has 1 aliphatic rings. The number of carbonyl (C=O) groups is 2. The van der Waals surface area contributed by atoms with Crippen LogP contribution in [0.2, 0.25) is 0 Å². The van der Waals surface area contributed by atoms with Crippen molar-refractivity contribution in [2.45, 2.75) is 43.4 Å². The van der Waals surface area contributed by atoms with Crippen molar-refractivity contribution in [1.82, 2.24) is 5.32 Å². The van der Waals surface area contributed by atoms with Crippen molar-refractivity contribution in [1.29, 1.82) is 0 Å². The minimum absolute atomic E-state index is 0.0174. The molecule has 1 heterocycles. The number of benzene rings is 1. The van der Waals surface area contributed by atoms with Crippen molar-refractivity contribution in [3.8, 4) is 12.3 Å². The fourth-order valence-corrected chi connectivity index (χ4v) is 3.72. The molecule has 0 unspecified atom stereocenters. The predicted octanol–water partition coefficient (Wildman–Crippen LogP) is 2.73. The third kappa shape index (κ3) is 5.04. The smallest absolute Gasteiger partial charge is 0.306 e. The summed E-state index contributed by atoms with van der Waals surface area (Å²) in [6.45, 7) is 1.78. The summed E-state index contributed by atoms with van der Waals surface area (Å²) in [7, 11) is 0. The summed E-state index contributed by atoms with van der Waals surface area (Å²) in [6.07, 6.45) is 6.20. The zero-order valence-electron chi connectivity index (χ0n) is 13.2. The Kier molecular flexibility index (Phi) is 6.54. The first kappa shape index (κ1) is 17.4. The van der Waals surface area contributed by atoms with E-state index in [1.54, 1.807) is 18.7 Å². The maximum absolute atomic E-state index is 11.8. The fourth-order valence-electron chi connectivity index (χ4n) is 2.41. The normalized spacial score (nSPS) is 20.8. The molecule has 1 aromatic rings. The van der Waals surface area contributed by atoms with Gasteiger partial charge in [-0.1, -0.05) is 30.3 Å². The first-order chi connectivity index (χ1) is 11.1. The van der Waals surface area contributed by atoms with Gasteiger partial charge < -0.3 is 10.1 Å². The fraction of sp³-hybridized carbons (Fsp3) is 0.444. The first-order valence-electron chi connectivity index (χ1n) is 7.70. The highest BCUT2D eigenvalue weighted by Crippen LogP contribution is 2.32. The SMILES string of the molecule is C#CCCCC(=O)O[C@H](C)[C@@H]1C(=O)N[C@@H]1SCc1ccccc1. The minimum Gasteiger partial charge on any atom is -0.462 e. The summed E-state index contributed by atoms with van der Waals surface area (Å²) >= 11 is 1.66. The number of carbonyl (C=O) groups excluding carboxylic acids is 2. The van der Waals surface area contributed by atoms with Crippen LogP contribution < -0.4 is 5.32 Å². The molecule has 1 amide bonds. The quantitative estimate of drug-likeness (QED) is 0.344. The van der Waals surface area contributed by atoms with E-state index < -0.39 is 6.10 Å². The highest BCUT2D eigenvalue weighted by molar-refractivity contribution is 7.99. The molecule has 0 aliphatic carbocycles. The van der Waals surface area contributed by atoms with Gasteiger partial charge in [0.05, 0.1) is 5.37 Å². The number of hydrogen-bond acceptors (Lipinski definition) is 4. The number of ether oxygens (including phenoxy) is 1. The Morgan fingerprint density at radius 1 is 1.43 bits per heavy atom. The molecule has 0 spiro atoms. The lowest BCUT2D eigenvalue weighted by Crippen LogP contribution is -2.60. The molecule has 1 aromatic carbocycles. The summed E-state index contributed by atoms with van der Waals surface area (Å²) in [5, 5.41) is 2.86. The van der Waals surface area contributed by atoms with E-state index in [0.717, 1.165) is 5.75 Å². The molecule has 0 bridgehead atoms. The van der Waals surface area contributed by atoms with Crippen LogP contribution in [0.3, 0.4) is 0 Å². The van der Waals surface area contributed by atoms with Crippen molar-refractivity contribution < 1.29 is 14.3 Å². The van der Waals surface area contributed by atoms with Gasteiger partial charge >= 0.3 is 5.97 Å². The van der Waals surface area contributed by atoms with Gasteiger partial charge in [-0.05, 0) is 18.9 Å². The van der Waals surface area contributed by atoms with Gasteiger partial charge in [-0.3, -0.25) is 9.59 Å². The molecular formula is C18H21NO3S. The van der Waals surface area contributed by atoms with Crippen LogP contribution >= 0.6 is 11.8 Å². The zero-order chi connectivity index (χ0) is 16.7. The molecule has 1 fully saturated rings. The number of β-lactam (4-membered cyclic amide) rings is 1. The average Bonchev–Trinajstić information content (AvgIpc) is 2.52. The third-order valence-corrected chi connectivity index (χ3v) is 4.98. The summed E-state index contributed by atoms with van der Waals surface area (Å²) in [5.74, 6) is 2.66. The number of thioether (sulfide) groups is 1. The molecule has 1 aliphatic heterocycles. The van der Waals surface area contributed by atoms with E-state index in [0.29, 0.717) is 19.3 Å². The van der Waals surface area contributed by atoms with Gasteiger partial charge in [-0.15, -0.1) is 24.1 Å². The summed E-state index contributed by atoms with van der Waals surface area (Å²) < 4.78 is 5.37. The summed E-state index contributed by atoms with van der Waals surface area (Å²) in [5.41, 5.74) is 1.20. The number of terminal acetylenes is 1. The summed E-state index contributed by atoms with van der Waals surface area (Å²) in [4.78, 5) is 23.5. The van der Waals surface area contributed by atoms with Crippen LogP contribution in [0.15, 0.2) is 30.3 Å². The van der Waals surface area contributed by atoms with Crippen molar-refractivity contribution >= 4 is 23.6 Å². The van der Waals surface area contributed by atoms with E-state index in [1.165, 1.54) is 5.56 Å². The Hall–Kier alpha value is -1.93. The molecule has 5 heteroatoms. The van der Waals surface area contributed by atoms with Crippen molar-refractivity contribution in [3.63, 3.8) is 0 Å². The molecule has 0 radical (unpaired) electrons. The molecule has 1 saturated heterocycles. The van der Waals surface area contributed by atoms with Crippen LogP contribution in [0.5, 0.6) is 0 Å². The van der Waals surface area contributed by atoms with Gasteiger partial charge in [0.15, 0.2) is 0 Å². The second kappa shape index (κ2) is 8.64. The van der Waals surface area contributed by atoms with E-state index in [-0.39, 0.29) is 23.2 Å². The number of hydrogen-bond donors (Lipinski definition) is 1. The molecule has 3 atom stereocenters. The Labute approximate surface area is 141 Å². The predicted molar refractivity (Wildman–Crippen MR) is 91.4 cm³/mol. The van der Waals surface area contributed by atoms with Gasteiger partial charge in [0.1, 0.15) is 12.0 Å². The zero-order valence-corrected chi connectivity index (χ0v) is 14.0. The Balaban J connectivity index is 1.79. The van der Waals surface area contributed by atoms with Gasteiger partial charge in [0.2, 0.25) is 5.91 Å². The van der Waals surface area contributed by atoms with Crippen molar-refractivity contribution in [2.75, 3.05) is 0 Å². The van der Waals surface area contributed by atoms with E-state index in [2.05, 4.69) is 23.4 Å². The minimum atomic E-state index is -0.421. The van der Waals surface area contributed by atoms with E-state index in [9.17, 15) is 9.59 Å². The second-order valence-corrected chi connectivity index (χ2v) is 6.63. The highest BCUT2D eigenvalue weighted by Gasteiger charge is 2.44. The molecule has 4 nitrogen and oxygen atoms in total. The maximum Gasteiger partial charge on any atom is 0.306 e. The molecule has 2 rings (SSSR count). The van der Waals surface area contributed by atoms with E-state index >= 15 is 0 Å². The highest BCUT2D eigenvalue weighted by atomic mass is 32.2. The molecule has 122 valence electrons. The van der Waals surface area contributed by atoms with E-state index in [4.69, 9.17) is 11.2 Å². The van der Waals surface area contributed by atoms with Crippen LogP contribution in [-0.4, -0.2) is 23.4 Å².